The summed E-state index contributed by atoms with van der Waals surface area (Å²) in [5, 5.41) is 10.8. The Balaban J connectivity index is 0.915. The summed E-state index contributed by atoms with van der Waals surface area (Å²) < 4.78 is 18.0. The van der Waals surface area contributed by atoms with Gasteiger partial charge in [-0.1, -0.05) is 334 Å². The Bertz CT molecular complexity index is 4010. The maximum Gasteiger partial charge on any atom is 0.0652 e. The molecule has 0 radical (unpaired) electrons. The molecule has 0 aromatic heterocycles. The van der Waals surface area contributed by atoms with Crippen LogP contribution < -0.4 is 47.7 Å². The van der Waals surface area contributed by atoms with Crippen molar-refractivity contribution in [1.82, 2.24) is 0 Å². The second-order valence-electron chi connectivity index (χ2n) is 20.7. The summed E-state index contributed by atoms with van der Waals surface area (Å²) >= 11 is 0. The molecule has 0 unspecified atom stereocenters. The Morgan fingerprint density at radius 1 is 0.143 bits per heavy atom. The number of hydrogen-bond acceptors (Lipinski definition) is 3. The van der Waals surface area contributed by atoms with Gasteiger partial charge in [-0.05, 0) is 63.7 Å². The van der Waals surface area contributed by atoms with Crippen molar-refractivity contribution >= 4 is 86.0 Å². The van der Waals surface area contributed by atoms with Crippen molar-refractivity contribution in [2.75, 3.05) is 0 Å². The molecule has 0 heterocycles. The van der Waals surface area contributed by atoms with E-state index in [-0.39, 0.29) is 0 Å². The SMILES string of the molecule is c1ccc(P(=Nc2ccc(-c3ccc(-c4ccc(-c5cc(N=P(c6ccccc6)(c6ccccc6)c6ccccc6)cc(N=P(c6ccccc6)(c6ccccc6)c6ccccc6)c5)cc4)cc3)cc2)(c2ccccc2)c2ccccc2)cc1. The first-order valence-corrected chi connectivity index (χ1v) is 33.7. The molecule has 0 spiro atoms. The zero-order chi connectivity index (χ0) is 56.4. The minimum atomic E-state index is -2.66. The third-order valence-corrected chi connectivity index (χ3v) is 26.5. The van der Waals surface area contributed by atoms with Crippen LogP contribution in [0.25, 0.3) is 33.4 Å². The van der Waals surface area contributed by atoms with Crippen molar-refractivity contribution in [2.24, 2.45) is 14.2 Å². The fourth-order valence-electron chi connectivity index (χ4n) is 11.5. The molecular formula is C78H60N3P3. The van der Waals surface area contributed by atoms with Gasteiger partial charge in [0.1, 0.15) is 0 Å². The highest BCUT2D eigenvalue weighted by Crippen LogP contribution is 2.54. The van der Waals surface area contributed by atoms with Crippen LogP contribution >= 0.6 is 21.2 Å². The third-order valence-electron chi connectivity index (χ3n) is 15.5. The van der Waals surface area contributed by atoms with Crippen LogP contribution in [0.1, 0.15) is 0 Å². The van der Waals surface area contributed by atoms with E-state index in [1.54, 1.807) is 0 Å². The first-order chi connectivity index (χ1) is 41.6. The van der Waals surface area contributed by atoms with Gasteiger partial charge in [0.15, 0.2) is 0 Å². The Morgan fingerprint density at radius 2 is 0.310 bits per heavy atom. The molecule has 6 heteroatoms. The maximum atomic E-state index is 6.11. The molecule has 13 aromatic carbocycles. The molecule has 0 bridgehead atoms. The monoisotopic (exact) mass is 1130 g/mol. The van der Waals surface area contributed by atoms with Crippen LogP contribution in [0, 0.1) is 0 Å². The molecule has 13 rings (SSSR count). The maximum absolute atomic E-state index is 6.11. The largest absolute Gasteiger partial charge is 0.254 e. The molecule has 0 aliphatic carbocycles. The van der Waals surface area contributed by atoms with Crippen LogP contribution in [0.15, 0.2) is 378 Å². The minimum absolute atomic E-state index is 0.870. The van der Waals surface area contributed by atoms with Crippen LogP contribution in [0.4, 0.5) is 17.1 Å². The van der Waals surface area contributed by atoms with E-state index >= 15 is 0 Å². The summed E-state index contributed by atoms with van der Waals surface area (Å²) in [6, 6.07) is 131. The Labute approximate surface area is 494 Å². The van der Waals surface area contributed by atoms with Crippen molar-refractivity contribution in [2.45, 2.75) is 0 Å². The first kappa shape index (κ1) is 53.8. The molecule has 0 saturated carbocycles. The summed E-state index contributed by atoms with van der Waals surface area (Å²) in [4.78, 5) is 0. The lowest BCUT2D eigenvalue weighted by Gasteiger charge is -2.28. The Kier molecular flexibility index (Phi) is 15.7. The van der Waals surface area contributed by atoms with Gasteiger partial charge in [-0.15, -0.1) is 0 Å². The van der Waals surface area contributed by atoms with Crippen molar-refractivity contribution in [1.29, 1.82) is 0 Å². The summed E-state index contributed by atoms with van der Waals surface area (Å²) in [6.45, 7) is 0. The van der Waals surface area contributed by atoms with Gasteiger partial charge in [0.2, 0.25) is 0 Å². The zero-order valence-corrected chi connectivity index (χ0v) is 49.0. The fraction of sp³-hybridized carbons (Fsp3) is 0. The van der Waals surface area contributed by atoms with Crippen molar-refractivity contribution in [3.63, 3.8) is 0 Å². The molecule has 0 amide bonds. The lowest BCUT2D eigenvalue weighted by atomic mass is 9.97. The molecule has 13 aromatic rings. The Hall–Kier alpha value is -9.45. The number of benzene rings is 13. The molecule has 0 aliphatic heterocycles. The summed E-state index contributed by atoms with van der Waals surface area (Å²) in [5.74, 6) is 0. The lowest BCUT2D eigenvalue weighted by molar-refractivity contribution is 1.48. The zero-order valence-electron chi connectivity index (χ0n) is 46.3. The van der Waals surface area contributed by atoms with Gasteiger partial charge in [0.25, 0.3) is 0 Å². The molecule has 0 aliphatic rings. The van der Waals surface area contributed by atoms with E-state index in [0.29, 0.717) is 0 Å². The molecule has 402 valence electrons. The topological polar surface area (TPSA) is 37.1 Å². The highest BCUT2D eigenvalue weighted by atomic mass is 31.2. The first-order valence-electron chi connectivity index (χ1n) is 28.4. The van der Waals surface area contributed by atoms with Gasteiger partial charge < -0.3 is 0 Å². The molecule has 0 saturated heterocycles. The van der Waals surface area contributed by atoms with Crippen molar-refractivity contribution < 1.29 is 0 Å². The predicted octanol–water partition coefficient (Wildman–Crippen LogP) is 18.1. The Morgan fingerprint density at radius 3 is 0.512 bits per heavy atom. The van der Waals surface area contributed by atoms with Crippen LogP contribution in [-0.2, 0) is 0 Å². The van der Waals surface area contributed by atoms with Crippen molar-refractivity contribution in [3.8, 4) is 33.4 Å². The highest BCUT2D eigenvalue weighted by Gasteiger charge is 2.31. The van der Waals surface area contributed by atoms with Gasteiger partial charge in [-0.3, -0.25) is 14.2 Å². The second kappa shape index (κ2) is 24.6. The van der Waals surface area contributed by atoms with Gasteiger partial charge in [-0.2, -0.15) is 0 Å². The standard InChI is InChI=1S/C78H60N3P3/c1-10-28-70(29-11-1)82(71-30-12-2-13-31-71,72-32-14-3-15-33-72)79-67-56-54-64(55-57-67)63-48-46-61(47-49-63)62-50-52-65(53-51-62)66-58-68(80-83(73-34-16-4-17-35-73,74-36-18-5-19-37-74)75-38-20-6-21-39-75)60-69(59-66)81-84(76-40-22-7-23-41-76,77-42-24-8-25-43-77)78-44-26-9-27-45-78/h1-60H. The minimum Gasteiger partial charge on any atom is -0.254 e. The summed E-state index contributed by atoms with van der Waals surface area (Å²) in [6.07, 6.45) is 0. The van der Waals surface area contributed by atoms with E-state index in [2.05, 4.69) is 364 Å². The van der Waals surface area contributed by atoms with Gasteiger partial charge in [-0.25, -0.2) is 0 Å². The normalized spacial score (nSPS) is 11.6. The van der Waals surface area contributed by atoms with E-state index in [4.69, 9.17) is 14.2 Å². The van der Waals surface area contributed by atoms with Crippen LogP contribution in [0.5, 0.6) is 0 Å². The quantitative estimate of drug-likeness (QED) is 0.0918. The smallest absolute Gasteiger partial charge is 0.0652 e. The molecule has 0 fully saturated rings. The van der Waals surface area contributed by atoms with Gasteiger partial charge in [0, 0.05) is 47.7 Å². The summed E-state index contributed by atoms with van der Waals surface area (Å²) in [5.41, 5.74) is 9.39. The van der Waals surface area contributed by atoms with E-state index in [0.717, 1.165) is 50.4 Å². The van der Waals surface area contributed by atoms with Crippen LogP contribution in [-0.4, -0.2) is 0 Å². The van der Waals surface area contributed by atoms with Crippen LogP contribution in [0.2, 0.25) is 0 Å². The highest BCUT2D eigenvalue weighted by molar-refractivity contribution is 7.88. The van der Waals surface area contributed by atoms with Crippen molar-refractivity contribution in [3.05, 3.63) is 364 Å². The number of rotatable bonds is 15. The number of nitrogens with zero attached hydrogens (tertiary/aromatic N) is 3. The molecule has 84 heavy (non-hydrogen) atoms. The summed E-state index contributed by atoms with van der Waals surface area (Å²) in [7, 11) is -7.73. The molecular weight excluding hydrogens is 1070 g/mol. The fourth-order valence-corrected chi connectivity index (χ4v) is 22.0. The van der Waals surface area contributed by atoms with E-state index in [9.17, 15) is 0 Å². The number of hydrogen-bond donors (Lipinski definition) is 0. The third kappa shape index (κ3) is 10.8. The molecule has 3 nitrogen and oxygen atoms in total. The van der Waals surface area contributed by atoms with E-state index in [1.165, 1.54) is 47.7 Å². The second-order valence-corrected chi connectivity index (χ2v) is 29.7. The van der Waals surface area contributed by atoms with Gasteiger partial charge in [0.05, 0.1) is 38.2 Å². The van der Waals surface area contributed by atoms with E-state index < -0.39 is 21.2 Å². The molecule has 0 N–H and O–H groups in total. The predicted molar refractivity (Wildman–Crippen MR) is 364 cm³/mol. The van der Waals surface area contributed by atoms with Crippen LogP contribution in [0.3, 0.4) is 0 Å². The van der Waals surface area contributed by atoms with Gasteiger partial charge >= 0.3 is 0 Å². The average Bonchev–Trinajstić information content (AvgIpc) is 2.94. The lowest BCUT2D eigenvalue weighted by Crippen LogP contribution is -2.25. The van der Waals surface area contributed by atoms with E-state index in [1.807, 2.05) is 0 Å². The average molecular weight is 1130 g/mol. The molecule has 0 atom stereocenters.